The van der Waals surface area contributed by atoms with Crippen LogP contribution in [0.25, 0.3) is 6.08 Å². The largest absolute Gasteiger partial charge is 0.461 e. The molecule has 0 radical (unpaired) electrons. The second kappa shape index (κ2) is 8.03. The van der Waals surface area contributed by atoms with Crippen LogP contribution in [0.5, 0.6) is 0 Å². The van der Waals surface area contributed by atoms with E-state index in [1.165, 1.54) is 18.2 Å². The van der Waals surface area contributed by atoms with Crippen molar-refractivity contribution in [2.75, 3.05) is 31.1 Å². The van der Waals surface area contributed by atoms with Crippen molar-refractivity contribution in [2.24, 2.45) is 5.92 Å². The summed E-state index contributed by atoms with van der Waals surface area (Å²) in [4.78, 5) is 26.9. The average molecular weight is 406 g/mol. The van der Waals surface area contributed by atoms with E-state index in [0.29, 0.717) is 43.8 Å². The zero-order valence-corrected chi connectivity index (χ0v) is 16.7. The van der Waals surface area contributed by atoms with E-state index in [0.717, 1.165) is 17.9 Å². The molecule has 0 unspecified atom stereocenters. The lowest BCUT2D eigenvalue weighted by Crippen LogP contribution is -2.49. The van der Waals surface area contributed by atoms with Crippen molar-refractivity contribution >= 4 is 23.4 Å². The average Bonchev–Trinajstić information content (AvgIpc) is 3.31. The molecule has 0 N–H and O–H groups in total. The molecule has 1 amide bonds. The molecule has 1 saturated carbocycles. The molecule has 0 bridgehead atoms. The van der Waals surface area contributed by atoms with Gasteiger partial charge in [-0.1, -0.05) is 6.92 Å². The Bertz CT molecular complexity index is 1030. The van der Waals surface area contributed by atoms with Crippen molar-refractivity contribution in [2.45, 2.75) is 19.3 Å². The fraction of sp³-hybridized carbons (Fsp3) is 0.364. The molecule has 2 aliphatic rings. The molecule has 1 aromatic carbocycles. The van der Waals surface area contributed by atoms with Crippen LogP contribution < -0.4 is 4.90 Å². The molecular formula is C22H22N4O4. The Hall–Kier alpha value is -3.60. The fourth-order valence-corrected chi connectivity index (χ4v) is 3.77. The Labute approximate surface area is 174 Å². The number of nitrogens with zero attached hydrogens (tertiary/aromatic N) is 4. The summed E-state index contributed by atoms with van der Waals surface area (Å²) in [5.41, 5.74) is 0.985. The predicted octanol–water partition coefficient (Wildman–Crippen LogP) is 3.57. The maximum atomic E-state index is 12.8. The molecule has 8 nitrogen and oxygen atoms in total. The Kier molecular flexibility index (Phi) is 5.27. The Morgan fingerprint density at radius 2 is 1.87 bits per heavy atom. The van der Waals surface area contributed by atoms with Gasteiger partial charge in [-0.3, -0.25) is 14.9 Å². The number of non-ortho nitro benzene ring substituents is 1. The van der Waals surface area contributed by atoms with Crippen LogP contribution in [-0.2, 0) is 4.79 Å². The lowest BCUT2D eigenvalue weighted by molar-refractivity contribution is -0.384. The van der Waals surface area contributed by atoms with Gasteiger partial charge >= 0.3 is 0 Å². The number of anilines is 1. The van der Waals surface area contributed by atoms with Gasteiger partial charge in [0.15, 0.2) is 0 Å². The van der Waals surface area contributed by atoms with Gasteiger partial charge in [0.2, 0.25) is 0 Å². The minimum Gasteiger partial charge on any atom is -0.461 e. The number of hydrogen-bond acceptors (Lipinski definition) is 6. The van der Waals surface area contributed by atoms with Crippen LogP contribution in [0.15, 0.2) is 46.4 Å². The first-order valence-electron chi connectivity index (χ1n) is 9.96. The zero-order valence-electron chi connectivity index (χ0n) is 16.7. The monoisotopic (exact) mass is 406 g/mol. The highest BCUT2D eigenvalue weighted by Gasteiger charge is 2.36. The van der Waals surface area contributed by atoms with Crippen LogP contribution in [-0.4, -0.2) is 41.9 Å². The summed E-state index contributed by atoms with van der Waals surface area (Å²) >= 11 is 0. The summed E-state index contributed by atoms with van der Waals surface area (Å²) in [6.07, 6.45) is 2.63. The molecule has 2 atom stereocenters. The van der Waals surface area contributed by atoms with Gasteiger partial charge < -0.3 is 14.2 Å². The lowest BCUT2D eigenvalue weighted by atomic mass is 10.2. The molecule has 154 valence electrons. The molecule has 1 aromatic heterocycles. The standard InChI is InChI=1S/C22H22N4O4/c1-15-12-20(15)21-7-6-19(30-21)13-16(14-23)22(27)25-10-8-24(9-11-25)17-2-4-18(5-3-17)26(28)29/h2-7,13,15,20H,8-12H2,1H3/b16-13+/t15-,20-/m1/s1. The Morgan fingerprint density at radius 3 is 2.43 bits per heavy atom. The topological polar surface area (TPSA) is 104 Å². The van der Waals surface area contributed by atoms with E-state index in [1.54, 1.807) is 23.1 Å². The number of nitriles is 1. The van der Waals surface area contributed by atoms with Crippen molar-refractivity contribution in [3.8, 4) is 6.07 Å². The molecule has 8 heteroatoms. The van der Waals surface area contributed by atoms with Crippen molar-refractivity contribution in [3.63, 3.8) is 0 Å². The third kappa shape index (κ3) is 4.06. The minimum atomic E-state index is -0.427. The molecule has 0 spiro atoms. The number of nitro benzene ring substituents is 1. The molecule has 2 heterocycles. The highest BCUT2D eigenvalue weighted by molar-refractivity contribution is 6.01. The molecule has 1 saturated heterocycles. The summed E-state index contributed by atoms with van der Waals surface area (Å²) in [6.45, 7) is 4.29. The van der Waals surface area contributed by atoms with E-state index in [-0.39, 0.29) is 17.2 Å². The number of carbonyl (C=O) groups excluding carboxylic acids is 1. The number of nitro groups is 1. The van der Waals surface area contributed by atoms with E-state index in [1.807, 2.05) is 12.1 Å². The summed E-state index contributed by atoms with van der Waals surface area (Å²) in [5, 5.41) is 20.3. The van der Waals surface area contributed by atoms with Crippen LogP contribution in [0.3, 0.4) is 0 Å². The van der Waals surface area contributed by atoms with Gasteiger partial charge in [-0.25, -0.2) is 0 Å². The summed E-state index contributed by atoms with van der Waals surface area (Å²) < 4.78 is 5.79. The van der Waals surface area contributed by atoms with Crippen LogP contribution in [0.2, 0.25) is 0 Å². The molecular weight excluding hydrogens is 384 g/mol. The van der Waals surface area contributed by atoms with Crippen molar-refractivity contribution in [1.82, 2.24) is 4.90 Å². The molecule has 2 aromatic rings. The normalized spacial score (nSPS) is 21.3. The van der Waals surface area contributed by atoms with Crippen LogP contribution >= 0.6 is 0 Å². The summed E-state index contributed by atoms with van der Waals surface area (Å²) in [5.74, 6) is 2.20. The smallest absolute Gasteiger partial charge is 0.269 e. The maximum absolute atomic E-state index is 12.8. The van der Waals surface area contributed by atoms with Gasteiger partial charge in [0, 0.05) is 56.0 Å². The van der Waals surface area contributed by atoms with E-state index >= 15 is 0 Å². The fourth-order valence-electron chi connectivity index (χ4n) is 3.77. The van der Waals surface area contributed by atoms with Crippen LogP contribution in [0.1, 0.15) is 30.8 Å². The number of furan rings is 1. The number of piperazine rings is 1. The number of rotatable bonds is 5. The second-order valence-corrected chi connectivity index (χ2v) is 7.78. The van der Waals surface area contributed by atoms with E-state index in [9.17, 15) is 20.2 Å². The Morgan fingerprint density at radius 1 is 1.20 bits per heavy atom. The van der Waals surface area contributed by atoms with Crippen molar-refractivity contribution in [1.29, 1.82) is 5.26 Å². The SMILES string of the molecule is C[C@@H]1C[C@H]1c1ccc(/C=C(\C#N)C(=O)N2CCN(c3ccc([N+](=O)[O-])cc3)CC2)o1. The first-order valence-corrected chi connectivity index (χ1v) is 9.96. The summed E-state index contributed by atoms with van der Waals surface area (Å²) in [6, 6.07) is 12.1. The first kappa shape index (κ1) is 19.7. The maximum Gasteiger partial charge on any atom is 0.269 e. The number of amides is 1. The van der Waals surface area contributed by atoms with Crippen LogP contribution in [0, 0.1) is 27.4 Å². The number of benzene rings is 1. The minimum absolute atomic E-state index is 0.0496. The molecule has 1 aliphatic heterocycles. The van der Waals surface area contributed by atoms with Crippen LogP contribution in [0.4, 0.5) is 11.4 Å². The highest BCUT2D eigenvalue weighted by atomic mass is 16.6. The second-order valence-electron chi connectivity index (χ2n) is 7.78. The van der Waals surface area contributed by atoms with Gasteiger partial charge in [0.25, 0.3) is 11.6 Å². The number of hydrogen-bond donors (Lipinski definition) is 0. The third-order valence-electron chi connectivity index (χ3n) is 5.75. The van der Waals surface area contributed by atoms with Gasteiger partial charge in [0.1, 0.15) is 23.2 Å². The van der Waals surface area contributed by atoms with Gasteiger partial charge in [0.05, 0.1) is 4.92 Å². The predicted molar refractivity (Wildman–Crippen MR) is 111 cm³/mol. The van der Waals surface area contributed by atoms with Gasteiger partial charge in [-0.05, 0) is 36.6 Å². The van der Waals surface area contributed by atoms with Crippen molar-refractivity contribution in [3.05, 3.63) is 63.6 Å². The lowest BCUT2D eigenvalue weighted by Gasteiger charge is -2.36. The highest BCUT2D eigenvalue weighted by Crippen LogP contribution is 2.47. The van der Waals surface area contributed by atoms with Gasteiger partial charge in [-0.15, -0.1) is 0 Å². The molecule has 4 rings (SSSR count). The zero-order chi connectivity index (χ0) is 21.3. The van der Waals surface area contributed by atoms with Gasteiger partial charge in [-0.2, -0.15) is 5.26 Å². The molecule has 30 heavy (non-hydrogen) atoms. The molecule has 2 fully saturated rings. The van der Waals surface area contributed by atoms with E-state index in [4.69, 9.17) is 4.42 Å². The first-order chi connectivity index (χ1) is 14.5. The summed E-state index contributed by atoms with van der Waals surface area (Å²) in [7, 11) is 0. The number of carbonyl (C=O) groups is 1. The Balaban J connectivity index is 1.38. The quantitative estimate of drug-likeness (QED) is 0.325. The molecule has 1 aliphatic carbocycles. The van der Waals surface area contributed by atoms with E-state index in [2.05, 4.69) is 11.8 Å². The third-order valence-corrected chi connectivity index (χ3v) is 5.75. The van der Waals surface area contributed by atoms with Crippen molar-refractivity contribution < 1.29 is 14.1 Å². The van der Waals surface area contributed by atoms with E-state index < -0.39 is 4.92 Å².